The zero-order valence-corrected chi connectivity index (χ0v) is 22.7. The molecule has 0 radical (unpaired) electrons. The van der Waals surface area contributed by atoms with Crippen LogP contribution in [0.2, 0.25) is 0 Å². The molecule has 0 aliphatic heterocycles. The molecule has 4 atom stereocenters. The summed E-state index contributed by atoms with van der Waals surface area (Å²) in [7, 11) is 4.80. The molecular formula is C30H34N2O8. The number of carbonyl (C=O) groups is 3. The molecule has 212 valence electrons. The number of aliphatic hydroxyl groups excluding tert-OH is 2. The molecule has 6 N–H and O–H groups in total. The van der Waals surface area contributed by atoms with E-state index in [0.717, 1.165) is 30.2 Å². The number of Topliss-reactive ketones (excluding diaryl/α,β-unsaturated/α-hetero) is 2. The van der Waals surface area contributed by atoms with Crippen LogP contribution in [0.5, 0.6) is 5.75 Å². The van der Waals surface area contributed by atoms with Crippen LogP contribution in [0.3, 0.4) is 0 Å². The van der Waals surface area contributed by atoms with Gasteiger partial charge in [-0.2, -0.15) is 0 Å². The molecule has 0 heterocycles. The minimum atomic E-state index is -2.65. The van der Waals surface area contributed by atoms with E-state index in [1.807, 2.05) is 24.3 Å². The highest BCUT2D eigenvalue weighted by atomic mass is 16.5. The van der Waals surface area contributed by atoms with E-state index in [1.165, 1.54) is 4.90 Å². The number of likely N-dealkylation sites (N-methyl/N-ethyl adjacent to an activating group) is 1. The number of aliphatic hydroxyl groups is 3. The summed E-state index contributed by atoms with van der Waals surface area (Å²) in [6.45, 7) is 0.658. The van der Waals surface area contributed by atoms with Gasteiger partial charge in [0.1, 0.15) is 22.8 Å². The van der Waals surface area contributed by atoms with Crippen LogP contribution in [0, 0.1) is 11.8 Å². The molecule has 0 saturated heterocycles. The number of rotatable bonds is 7. The molecule has 10 heteroatoms. The van der Waals surface area contributed by atoms with Crippen molar-refractivity contribution in [3.63, 3.8) is 0 Å². The average molecular weight is 551 g/mol. The summed E-state index contributed by atoms with van der Waals surface area (Å²) >= 11 is 0. The first-order valence-electron chi connectivity index (χ1n) is 13.3. The van der Waals surface area contributed by atoms with Crippen LogP contribution in [-0.2, 0) is 32.0 Å². The third kappa shape index (κ3) is 4.01. The number of nitrogens with two attached hydrogens (primary N) is 1. The van der Waals surface area contributed by atoms with E-state index in [1.54, 1.807) is 21.2 Å². The lowest BCUT2D eigenvalue weighted by molar-refractivity contribution is -0.153. The molecule has 0 aromatic heterocycles. The fraction of sp³-hybridized carbons (Fsp3) is 0.433. The summed E-state index contributed by atoms with van der Waals surface area (Å²) in [4.78, 5) is 40.7. The summed E-state index contributed by atoms with van der Waals surface area (Å²) in [6, 6.07) is 6.53. The predicted octanol–water partition coefficient (Wildman–Crippen LogP) is 2.09. The smallest absolute Gasteiger partial charge is 0.255 e. The number of ketones is 2. The van der Waals surface area contributed by atoms with Crippen LogP contribution in [0.4, 0.5) is 0 Å². The van der Waals surface area contributed by atoms with E-state index in [0.29, 0.717) is 17.6 Å². The summed E-state index contributed by atoms with van der Waals surface area (Å²) in [5.41, 5.74) is 3.47. The Morgan fingerprint density at radius 1 is 1.15 bits per heavy atom. The lowest BCUT2D eigenvalue weighted by Crippen LogP contribution is -2.65. The third-order valence-electron chi connectivity index (χ3n) is 8.65. The summed E-state index contributed by atoms with van der Waals surface area (Å²) in [6.07, 6.45) is 2.89. The second kappa shape index (κ2) is 10.0. The van der Waals surface area contributed by atoms with E-state index < -0.39 is 58.0 Å². The lowest BCUT2D eigenvalue weighted by Gasteiger charge is -2.50. The van der Waals surface area contributed by atoms with Gasteiger partial charge in [-0.25, -0.2) is 0 Å². The molecule has 3 aliphatic carbocycles. The van der Waals surface area contributed by atoms with Crippen LogP contribution in [0.25, 0.3) is 16.5 Å². The highest BCUT2D eigenvalue weighted by Gasteiger charge is 2.64. The first-order chi connectivity index (χ1) is 18.9. The summed E-state index contributed by atoms with van der Waals surface area (Å²) in [5.74, 6) is -6.50. The molecule has 1 amide bonds. The van der Waals surface area contributed by atoms with Gasteiger partial charge in [0.25, 0.3) is 5.91 Å². The average Bonchev–Trinajstić information content (AvgIpc) is 2.88. The number of carbonyl (C=O) groups excluding carboxylic acids is 3. The zero-order chi connectivity index (χ0) is 29.1. The summed E-state index contributed by atoms with van der Waals surface area (Å²) in [5, 5.41) is 46.7. The number of nitrogens with zero attached hydrogens (tertiary/aromatic N) is 1. The number of aromatic hydroxyl groups is 1. The number of ether oxygens (including phenoxy) is 1. The molecular weight excluding hydrogens is 516 g/mol. The maximum absolute atomic E-state index is 14.0. The molecule has 0 bridgehead atoms. The number of amides is 1. The summed E-state index contributed by atoms with van der Waals surface area (Å²) < 4.78 is 5.10. The van der Waals surface area contributed by atoms with Gasteiger partial charge in [-0.1, -0.05) is 18.2 Å². The predicted molar refractivity (Wildman–Crippen MR) is 147 cm³/mol. The molecule has 2 aromatic rings. The van der Waals surface area contributed by atoms with Crippen LogP contribution in [-0.4, -0.2) is 82.3 Å². The highest BCUT2D eigenvalue weighted by Crippen LogP contribution is 2.53. The van der Waals surface area contributed by atoms with Gasteiger partial charge in [-0.3, -0.25) is 19.3 Å². The maximum Gasteiger partial charge on any atom is 0.255 e. The Morgan fingerprint density at radius 2 is 1.88 bits per heavy atom. The van der Waals surface area contributed by atoms with Crippen molar-refractivity contribution in [3.8, 4) is 5.75 Å². The van der Waals surface area contributed by atoms with E-state index in [2.05, 4.69) is 0 Å². The Balaban J connectivity index is 1.63. The van der Waals surface area contributed by atoms with Crippen molar-refractivity contribution in [3.05, 3.63) is 57.9 Å². The van der Waals surface area contributed by atoms with Gasteiger partial charge in [0.05, 0.1) is 11.6 Å². The zero-order valence-electron chi connectivity index (χ0n) is 22.7. The molecule has 40 heavy (non-hydrogen) atoms. The molecule has 1 saturated carbocycles. The van der Waals surface area contributed by atoms with Crippen molar-refractivity contribution in [1.29, 1.82) is 0 Å². The van der Waals surface area contributed by atoms with Crippen molar-refractivity contribution in [2.75, 3.05) is 27.8 Å². The minimum absolute atomic E-state index is 0.0605. The SMILES string of the molecule is COCCCCc1ccc2cc3c(c(O)c2c1)C(O)=C1C(=O)[C@]2(O)C(O)=C(C(N)=O)C(=O)[C@@H](N(C)C)[C@@H]2C[C@@H]1C3. The van der Waals surface area contributed by atoms with Gasteiger partial charge < -0.3 is 30.9 Å². The van der Waals surface area contributed by atoms with Gasteiger partial charge in [0.15, 0.2) is 11.4 Å². The van der Waals surface area contributed by atoms with Crippen molar-refractivity contribution in [2.24, 2.45) is 17.6 Å². The van der Waals surface area contributed by atoms with Gasteiger partial charge in [0.2, 0.25) is 5.78 Å². The van der Waals surface area contributed by atoms with E-state index in [-0.39, 0.29) is 29.7 Å². The Bertz CT molecular complexity index is 1510. The first kappa shape index (κ1) is 27.8. The third-order valence-corrected chi connectivity index (χ3v) is 8.65. The maximum atomic E-state index is 14.0. The van der Waals surface area contributed by atoms with Gasteiger partial charge in [-0.05, 0) is 74.7 Å². The first-order valence-corrected chi connectivity index (χ1v) is 13.3. The number of hydrogen-bond donors (Lipinski definition) is 5. The standard InChI is InChI=1S/C30H34N2O8/c1-32(2)23-19-13-17-12-16-11-15-8-7-14(6-4-5-9-40-3)10-18(15)24(33)20(16)25(34)21(17)27(36)30(19,39)28(37)22(26(23)35)29(31)38/h7-8,10-11,17,19,23,33-34,37,39H,4-6,9,12-13H2,1-3H3,(H2,31,38)/t17-,19-,23-,30-/m0/s1. The monoisotopic (exact) mass is 550 g/mol. The molecule has 2 aromatic carbocycles. The lowest BCUT2D eigenvalue weighted by atomic mass is 9.57. The number of aryl methyl sites for hydroxylation is 1. The Labute approximate surface area is 231 Å². The van der Waals surface area contributed by atoms with Crippen LogP contribution in [0.15, 0.2) is 41.2 Å². The van der Waals surface area contributed by atoms with E-state index in [9.17, 15) is 34.8 Å². The van der Waals surface area contributed by atoms with Crippen LogP contribution < -0.4 is 5.73 Å². The number of benzene rings is 2. The number of fused-ring (bicyclic) bond motifs is 4. The largest absolute Gasteiger partial charge is 0.508 e. The molecule has 1 fully saturated rings. The quantitative estimate of drug-likeness (QED) is 0.256. The van der Waals surface area contributed by atoms with Gasteiger partial charge in [-0.15, -0.1) is 0 Å². The highest BCUT2D eigenvalue weighted by molar-refractivity contribution is 6.24. The number of unbranched alkanes of at least 4 members (excludes halogenated alkanes) is 1. The Hall–Kier alpha value is -3.73. The van der Waals surface area contributed by atoms with E-state index >= 15 is 0 Å². The number of phenols is 1. The molecule has 0 spiro atoms. The Kier molecular flexibility index (Phi) is 6.98. The van der Waals surface area contributed by atoms with E-state index in [4.69, 9.17) is 10.5 Å². The van der Waals surface area contributed by atoms with Crippen molar-refractivity contribution >= 4 is 34.0 Å². The molecule has 5 rings (SSSR count). The molecule has 3 aliphatic rings. The number of methoxy groups -OCH3 is 1. The fourth-order valence-corrected chi connectivity index (χ4v) is 6.79. The number of primary amides is 1. The van der Waals surface area contributed by atoms with Gasteiger partial charge >= 0.3 is 0 Å². The second-order valence-electron chi connectivity index (χ2n) is 11.2. The van der Waals surface area contributed by atoms with Gasteiger partial charge in [0, 0.05) is 30.6 Å². The number of hydrogen-bond acceptors (Lipinski definition) is 9. The Morgan fingerprint density at radius 3 is 2.52 bits per heavy atom. The van der Waals surface area contributed by atoms with Crippen LogP contribution >= 0.6 is 0 Å². The van der Waals surface area contributed by atoms with Crippen LogP contribution in [0.1, 0.15) is 36.0 Å². The van der Waals surface area contributed by atoms with Crippen molar-refractivity contribution < 1.29 is 39.5 Å². The second-order valence-corrected chi connectivity index (χ2v) is 11.2. The van der Waals surface area contributed by atoms with Crippen molar-refractivity contribution in [1.82, 2.24) is 4.90 Å². The molecule has 10 nitrogen and oxygen atoms in total. The molecule has 0 unspecified atom stereocenters. The fourth-order valence-electron chi connectivity index (χ4n) is 6.79. The minimum Gasteiger partial charge on any atom is -0.508 e. The topological polar surface area (TPSA) is 171 Å². The van der Waals surface area contributed by atoms with Crippen molar-refractivity contribution in [2.45, 2.75) is 43.7 Å². The number of phenolic OH excluding ortho intramolecular Hbond substituents is 1. The normalized spacial score (nSPS) is 26.3.